The van der Waals surface area contributed by atoms with Crippen molar-refractivity contribution >= 4 is 11.6 Å². The highest BCUT2D eigenvalue weighted by Gasteiger charge is 2.23. The topological polar surface area (TPSA) is 36.8 Å². The Morgan fingerprint density at radius 2 is 1.79 bits per heavy atom. The molecule has 1 aliphatic carbocycles. The van der Waals surface area contributed by atoms with Crippen molar-refractivity contribution in [3.05, 3.63) is 65.2 Å². The van der Waals surface area contributed by atoms with Gasteiger partial charge in [-0.15, -0.1) is 0 Å². The van der Waals surface area contributed by atoms with Crippen molar-refractivity contribution in [1.29, 1.82) is 0 Å². The average molecular weight is 393 g/mol. The number of piperidine rings is 1. The van der Waals surface area contributed by atoms with E-state index in [9.17, 15) is 4.79 Å². The molecule has 154 valence electrons. The highest BCUT2D eigenvalue weighted by molar-refractivity contribution is 5.77. The first-order chi connectivity index (χ1) is 14.2. The Kier molecular flexibility index (Phi) is 6.50. The molecule has 0 saturated carbocycles. The van der Waals surface area contributed by atoms with Gasteiger partial charge in [-0.25, -0.2) is 0 Å². The fourth-order valence-corrected chi connectivity index (χ4v) is 4.91. The molecule has 4 rings (SSSR count). The van der Waals surface area contributed by atoms with Gasteiger partial charge in [-0.1, -0.05) is 42.5 Å². The molecule has 4 nitrogen and oxygen atoms in total. The van der Waals surface area contributed by atoms with Gasteiger partial charge in [0.15, 0.2) is 6.54 Å². The van der Waals surface area contributed by atoms with Crippen LogP contribution >= 0.6 is 0 Å². The number of rotatable bonds is 6. The number of quaternary nitrogens is 1. The Hall–Kier alpha value is -2.33. The number of para-hydroxylation sites is 1. The third-order valence-electron chi connectivity index (χ3n) is 6.35. The molecule has 1 amide bonds. The lowest BCUT2D eigenvalue weighted by Gasteiger charge is -2.31. The number of aryl methyl sites for hydroxylation is 1. The lowest BCUT2D eigenvalue weighted by atomic mass is 9.88. The van der Waals surface area contributed by atoms with E-state index in [1.807, 2.05) is 0 Å². The maximum atomic E-state index is 12.8. The first-order valence-electron chi connectivity index (χ1n) is 11.2. The normalized spacial score (nSPS) is 20.0. The van der Waals surface area contributed by atoms with Gasteiger partial charge in [0, 0.05) is 24.3 Å². The Morgan fingerprint density at radius 3 is 2.66 bits per heavy atom. The molecule has 2 aromatic carbocycles. The second-order valence-corrected chi connectivity index (χ2v) is 8.70. The molecule has 2 aliphatic rings. The standard InChI is InChI=1S/C25H33N3O/c1-27(18-21-11-4-6-15-24(21)28-16-7-2-8-17-28)19-25(29)26-23-14-9-12-20-10-3-5-13-22(20)23/h3-6,10-11,13,15,23H,2,7-9,12,14,16-19H2,1H3,(H,26,29)/p+1/t23-/m1/s1. The third-order valence-corrected chi connectivity index (χ3v) is 6.35. The number of carbonyl (C=O) groups excluding carboxylic acids is 1. The molecule has 1 heterocycles. The summed E-state index contributed by atoms with van der Waals surface area (Å²) in [5.74, 6) is 0.152. The number of hydrogen-bond donors (Lipinski definition) is 2. The minimum atomic E-state index is 0.152. The quantitative estimate of drug-likeness (QED) is 0.793. The first-order valence-corrected chi connectivity index (χ1v) is 11.2. The smallest absolute Gasteiger partial charge is 0.275 e. The Bertz CT molecular complexity index is 828. The van der Waals surface area contributed by atoms with E-state index in [2.05, 4.69) is 65.8 Å². The van der Waals surface area contributed by atoms with Crippen LogP contribution in [0.3, 0.4) is 0 Å². The molecule has 1 saturated heterocycles. The molecule has 29 heavy (non-hydrogen) atoms. The number of nitrogens with zero attached hydrogens (tertiary/aromatic N) is 1. The Labute approximate surface area is 174 Å². The van der Waals surface area contributed by atoms with E-state index in [4.69, 9.17) is 0 Å². The van der Waals surface area contributed by atoms with Crippen LogP contribution in [0.2, 0.25) is 0 Å². The van der Waals surface area contributed by atoms with Gasteiger partial charge in [0.05, 0.1) is 13.1 Å². The van der Waals surface area contributed by atoms with Gasteiger partial charge >= 0.3 is 0 Å². The van der Waals surface area contributed by atoms with Gasteiger partial charge < -0.3 is 15.1 Å². The van der Waals surface area contributed by atoms with E-state index in [-0.39, 0.29) is 11.9 Å². The lowest BCUT2D eigenvalue weighted by Crippen LogP contribution is -3.08. The fourth-order valence-electron chi connectivity index (χ4n) is 4.91. The largest absolute Gasteiger partial charge is 0.371 e. The number of carbonyl (C=O) groups is 1. The van der Waals surface area contributed by atoms with Crippen LogP contribution in [-0.4, -0.2) is 32.6 Å². The lowest BCUT2D eigenvalue weighted by molar-refractivity contribution is -0.885. The molecule has 1 aliphatic heterocycles. The number of amides is 1. The Morgan fingerprint density at radius 1 is 1.03 bits per heavy atom. The van der Waals surface area contributed by atoms with Crippen LogP contribution in [0.15, 0.2) is 48.5 Å². The molecule has 2 atom stereocenters. The predicted octanol–water partition coefficient (Wildman–Crippen LogP) is 2.89. The van der Waals surface area contributed by atoms with Crippen LogP contribution in [0.5, 0.6) is 0 Å². The van der Waals surface area contributed by atoms with E-state index < -0.39 is 0 Å². The molecular weight excluding hydrogens is 358 g/mol. The third kappa shape index (κ3) is 4.99. The van der Waals surface area contributed by atoms with Crippen LogP contribution in [0.4, 0.5) is 5.69 Å². The van der Waals surface area contributed by atoms with Gasteiger partial charge in [-0.05, 0) is 55.7 Å². The van der Waals surface area contributed by atoms with Gasteiger partial charge in [-0.3, -0.25) is 4.79 Å². The highest BCUT2D eigenvalue weighted by Crippen LogP contribution is 2.29. The van der Waals surface area contributed by atoms with Crippen molar-refractivity contribution in [2.45, 2.75) is 51.1 Å². The van der Waals surface area contributed by atoms with Crippen molar-refractivity contribution in [2.75, 3.05) is 31.6 Å². The second-order valence-electron chi connectivity index (χ2n) is 8.70. The summed E-state index contributed by atoms with van der Waals surface area (Å²) in [6.07, 6.45) is 7.22. The number of anilines is 1. The van der Waals surface area contributed by atoms with E-state index in [0.717, 1.165) is 38.9 Å². The van der Waals surface area contributed by atoms with Crippen LogP contribution in [0.25, 0.3) is 0 Å². The molecule has 2 N–H and O–H groups in total. The molecule has 4 heteroatoms. The number of fused-ring (bicyclic) bond motifs is 1. The summed E-state index contributed by atoms with van der Waals surface area (Å²) >= 11 is 0. The molecule has 1 unspecified atom stereocenters. The summed E-state index contributed by atoms with van der Waals surface area (Å²) in [5.41, 5.74) is 5.40. The second kappa shape index (κ2) is 9.45. The Balaban J connectivity index is 1.36. The van der Waals surface area contributed by atoms with Crippen molar-refractivity contribution in [2.24, 2.45) is 0 Å². The summed E-state index contributed by atoms with van der Waals surface area (Å²) in [6.45, 7) is 3.68. The first kappa shape index (κ1) is 20.0. The molecule has 2 aromatic rings. The monoisotopic (exact) mass is 392 g/mol. The molecule has 0 radical (unpaired) electrons. The molecular formula is C25H34N3O+. The van der Waals surface area contributed by atoms with E-state index in [1.165, 1.54) is 46.5 Å². The zero-order valence-electron chi connectivity index (χ0n) is 17.6. The summed E-state index contributed by atoms with van der Waals surface area (Å²) in [5, 5.41) is 3.30. The van der Waals surface area contributed by atoms with Gasteiger partial charge in [0.25, 0.3) is 5.91 Å². The van der Waals surface area contributed by atoms with Crippen LogP contribution < -0.4 is 15.1 Å². The minimum Gasteiger partial charge on any atom is -0.371 e. The van der Waals surface area contributed by atoms with E-state index in [1.54, 1.807) is 0 Å². The van der Waals surface area contributed by atoms with Crippen LogP contribution in [0, 0.1) is 0 Å². The van der Waals surface area contributed by atoms with Crippen LogP contribution in [-0.2, 0) is 17.8 Å². The molecule has 1 fully saturated rings. The molecule has 0 spiro atoms. The zero-order chi connectivity index (χ0) is 20.1. The van der Waals surface area contributed by atoms with Crippen molar-refractivity contribution < 1.29 is 9.69 Å². The summed E-state index contributed by atoms with van der Waals surface area (Å²) < 4.78 is 0. The zero-order valence-corrected chi connectivity index (χ0v) is 17.6. The van der Waals surface area contributed by atoms with E-state index >= 15 is 0 Å². The maximum absolute atomic E-state index is 12.8. The number of likely N-dealkylation sites (N-methyl/N-ethyl adjacent to an activating group) is 1. The SMILES string of the molecule is C[NH+](CC(=O)N[C@@H]1CCCc2ccccc21)Cc1ccccc1N1CCCCC1. The van der Waals surface area contributed by atoms with Crippen molar-refractivity contribution in [3.8, 4) is 0 Å². The number of hydrogen-bond acceptors (Lipinski definition) is 2. The summed E-state index contributed by atoms with van der Waals surface area (Å²) in [7, 11) is 2.13. The van der Waals surface area contributed by atoms with Crippen LogP contribution in [0.1, 0.15) is 54.8 Å². The number of nitrogens with one attached hydrogen (secondary N) is 2. The maximum Gasteiger partial charge on any atom is 0.275 e. The van der Waals surface area contributed by atoms with E-state index in [0.29, 0.717) is 6.54 Å². The highest BCUT2D eigenvalue weighted by atomic mass is 16.2. The molecule has 0 aromatic heterocycles. The van der Waals surface area contributed by atoms with Crippen molar-refractivity contribution in [1.82, 2.24) is 5.32 Å². The fraction of sp³-hybridized carbons (Fsp3) is 0.480. The predicted molar refractivity (Wildman–Crippen MR) is 118 cm³/mol. The van der Waals surface area contributed by atoms with Gasteiger partial charge in [-0.2, -0.15) is 0 Å². The van der Waals surface area contributed by atoms with Crippen molar-refractivity contribution in [3.63, 3.8) is 0 Å². The number of benzene rings is 2. The average Bonchev–Trinajstić information content (AvgIpc) is 2.75. The molecule has 0 bridgehead atoms. The summed E-state index contributed by atoms with van der Waals surface area (Å²) in [6, 6.07) is 17.4. The minimum absolute atomic E-state index is 0.152. The summed E-state index contributed by atoms with van der Waals surface area (Å²) in [4.78, 5) is 16.5. The van der Waals surface area contributed by atoms with Gasteiger partial charge in [0.1, 0.15) is 6.54 Å². The van der Waals surface area contributed by atoms with Gasteiger partial charge in [0.2, 0.25) is 0 Å².